The molecule has 0 radical (unpaired) electrons. The van der Waals surface area contributed by atoms with E-state index in [2.05, 4.69) is 0 Å². The minimum atomic E-state index is -1.07. The molecular weight excluding hydrogens is 276 g/mol. The van der Waals surface area contributed by atoms with Crippen molar-refractivity contribution in [3.8, 4) is 0 Å². The van der Waals surface area contributed by atoms with Crippen LogP contribution in [0.3, 0.4) is 0 Å². The first kappa shape index (κ1) is 13.2. The first-order valence-corrected chi connectivity index (χ1v) is 6.65. The second-order valence-corrected chi connectivity index (χ2v) is 5.14. The van der Waals surface area contributed by atoms with Crippen molar-refractivity contribution in [3.05, 3.63) is 70.2 Å². The van der Waals surface area contributed by atoms with Gasteiger partial charge >= 0.3 is 5.97 Å². The molecule has 0 aromatic heterocycles. The Kier molecular flexibility index (Phi) is 3.24. The molecule has 0 spiro atoms. The molecule has 3 nitrogen and oxygen atoms in total. The summed E-state index contributed by atoms with van der Waals surface area (Å²) in [5.41, 5.74) is 2.26. The lowest BCUT2D eigenvalue weighted by molar-refractivity contribution is -0.185. The van der Waals surface area contributed by atoms with Crippen LogP contribution in [0.2, 0.25) is 5.02 Å². The summed E-state index contributed by atoms with van der Waals surface area (Å²) in [7, 11) is 1.54. The van der Waals surface area contributed by atoms with Crippen LogP contribution in [-0.2, 0) is 21.7 Å². The fraction of sp³-hybridized carbons (Fsp3) is 0.188. The van der Waals surface area contributed by atoms with E-state index >= 15 is 0 Å². The van der Waals surface area contributed by atoms with Crippen LogP contribution in [0.25, 0.3) is 0 Å². The summed E-state index contributed by atoms with van der Waals surface area (Å²) in [6.07, 6.45) is 0.423. The highest BCUT2D eigenvalue weighted by molar-refractivity contribution is 6.30. The van der Waals surface area contributed by atoms with E-state index in [1.807, 2.05) is 36.4 Å². The number of esters is 1. The molecular formula is C16H13ClO3. The molecule has 4 heteroatoms. The molecule has 2 aromatic rings. The minimum Gasteiger partial charge on any atom is -0.425 e. The molecule has 1 heterocycles. The number of ether oxygens (including phenoxy) is 2. The maximum atomic E-state index is 12.0. The van der Waals surface area contributed by atoms with Gasteiger partial charge in [0.15, 0.2) is 0 Å². The Hall–Kier alpha value is -1.84. The number of rotatable bonds is 3. The first-order chi connectivity index (χ1) is 9.64. The molecule has 2 aromatic carbocycles. The maximum Gasteiger partial charge on any atom is 0.341 e. The van der Waals surface area contributed by atoms with E-state index in [4.69, 9.17) is 21.1 Å². The van der Waals surface area contributed by atoms with Gasteiger partial charge in [-0.3, -0.25) is 0 Å². The van der Waals surface area contributed by atoms with E-state index in [9.17, 15) is 4.79 Å². The molecule has 1 aliphatic rings. The van der Waals surface area contributed by atoms with Crippen LogP contribution in [0, 0.1) is 0 Å². The summed E-state index contributed by atoms with van der Waals surface area (Å²) in [4.78, 5) is 12.0. The number of carbonyl (C=O) groups excluding carboxylic acids is 1. The number of hydrogen-bond donors (Lipinski definition) is 0. The van der Waals surface area contributed by atoms with Gasteiger partial charge in [-0.15, -0.1) is 0 Å². The molecule has 0 aliphatic carbocycles. The number of benzene rings is 2. The summed E-state index contributed by atoms with van der Waals surface area (Å²) < 4.78 is 11.1. The Morgan fingerprint density at radius 1 is 1.20 bits per heavy atom. The number of fused-ring (bicyclic) bond motifs is 1. The molecule has 0 amide bonds. The summed E-state index contributed by atoms with van der Waals surface area (Å²) in [5.74, 6) is -1.43. The quantitative estimate of drug-likeness (QED) is 0.810. The van der Waals surface area contributed by atoms with Crippen LogP contribution in [0.4, 0.5) is 0 Å². The van der Waals surface area contributed by atoms with Crippen LogP contribution < -0.4 is 0 Å². The second-order valence-electron chi connectivity index (χ2n) is 4.70. The van der Waals surface area contributed by atoms with Gasteiger partial charge in [0.05, 0.1) is 5.56 Å². The number of carbonyl (C=O) groups is 1. The van der Waals surface area contributed by atoms with Gasteiger partial charge in [0.2, 0.25) is 5.79 Å². The Morgan fingerprint density at radius 2 is 2.00 bits per heavy atom. The average molecular weight is 289 g/mol. The molecule has 3 rings (SSSR count). The summed E-state index contributed by atoms with van der Waals surface area (Å²) in [6, 6.07) is 14.7. The Labute approximate surface area is 122 Å². The standard InChI is InChI=1S/C16H13ClO3/c1-19-16(10-11-5-4-6-12(17)9-11)14-8-3-2-7-13(14)15(18)20-16/h2-9H,10H2,1H3. The normalized spacial score (nSPS) is 20.6. The van der Waals surface area contributed by atoms with Crippen molar-refractivity contribution >= 4 is 17.6 Å². The molecule has 0 N–H and O–H groups in total. The Bertz CT molecular complexity index is 668. The van der Waals surface area contributed by atoms with E-state index in [0.717, 1.165) is 11.1 Å². The van der Waals surface area contributed by atoms with Gasteiger partial charge in [0.25, 0.3) is 0 Å². The first-order valence-electron chi connectivity index (χ1n) is 6.27. The molecule has 1 atom stereocenters. The number of halogens is 1. The molecule has 0 fully saturated rings. The van der Waals surface area contributed by atoms with Crippen LogP contribution in [0.15, 0.2) is 48.5 Å². The van der Waals surface area contributed by atoms with E-state index in [1.165, 1.54) is 0 Å². The second kappa shape index (κ2) is 4.93. The van der Waals surface area contributed by atoms with Crippen molar-refractivity contribution in [2.45, 2.75) is 12.2 Å². The summed E-state index contributed by atoms with van der Waals surface area (Å²) >= 11 is 6.00. The van der Waals surface area contributed by atoms with Crippen molar-refractivity contribution < 1.29 is 14.3 Å². The summed E-state index contributed by atoms with van der Waals surface area (Å²) in [5, 5.41) is 0.645. The third kappa shape index (κ3) is 2.09. The summed E-state index contributed by atoms with van der Waals surface area (Å²) in [6.45, 7) is 0. The Balaban J connectivity index is 2.03. The SMILES string of the molecule is COC1(Cc2cccc(Cl)c2)OC(=O)c2ccccc21. The monoisotopic (exact) mass is 288 g/mol. The Morgan fingerprint density at radius 3 is 2.75 bits per heavy atom. The lowest BCUT2D eigenvalue weighted by Gasteiger charge is -2.27. The minimum absolute atomic E-state index is 0.357. The van der Waals surface area contributed by atoms with Gasteiger partial charge in [-0.1, -0.05) is 41.9 Å². The zero-order valence-electron chi connectivity index (χ0n) is 10.9. The molecule has 0 bridgehead atoms. The highest BCUT2D eigenvalue weighted by Gasteiger charge is 2.45. The third-order valence-electron chi connectivity index (χ3n) is 3.47. The molecule has 0 saturated heterocycles. The fourth-order valence-electron chi connectivity index (χ4n) is 2.52. The smallest absolute Gasteiger partial charge is 0.341 e. The number of methoxy groups -OCH3 is 1. The van der Waals surface area contributed by atoms with Crippen molar-refractivity contribution in [2.24, 2.45) is 0 Å². The van der Waals surface area contributed by atoms with Crippen LogP contribution in [0.1, 0.15) is 21.5 Å². The van der Waals surface area contributed by atoms with Crippen LogP contribution in [-0.4, -0.2) is 13.1 Å². The van der Waals surface area contributed by atoms with Gasteiger partial charge in [0, 0.05) is 24.1 Å². The topological polar surface area (TPSA) is 35.5 Å². The highest BCUT2D eigenvalue weighted by atomic mass is 35.5. The van der Waals surface area contributed by atoms with Gasteiger partial charge in [-0.25, -0.2) is 4.79 Å². The number of hydrogen-bond acceptors (Lipinski definition) is 3. The van der Waals surface area contributed by atoms with Gasteiger partial charge in [0.1, 0.15) is 0 Å². The lowest BCUT2D eigenvalue weighted by atomic mass is 9.96. The molecule has 20 heavy (non-hydrogen) atoms. The predicted octanol–water partition coefficient (Wildman–Crippen LogP) is 3.55. The average Bonchev–Trinajstić information content (AvgIpc) is 2.73. The van der Waals surface area contributed by atoms with Crippen molar-refractivity contribution in [1.82, 2.24) is 0 Å². The van der Waals surface area contributed by atoms with Crippen molar-refractivity contribution in [1.29, 1.82) is 0 Å². The van der Waals surface area contributed by atoms with Crippen LogP contribution in [0.5, 0.6) is 0 Å². The van der Waals surface area contributed by atoms with E-state index in [1.54, 1.807) is 19.2 Å². The van der Waals surface area contributed by atoms with E-state index in [0.29, 0.717) is 17.0 Å². The van der Waals surface area contributed by atoms with E-state index in [-0.39, 0.29) is 5.97 Å². The predicted molar refractivity (Wildman–Crippen MR) is 75.7 cm³/mol. The zero-order valence-corrected chi connectivity index (χ0v) is 11.7. The molecule has 1 unspecified atom stereocenters. The van der Waals surface area contributed by atoms with Crippen molar-refractivity contribution in [3.63, 3.8) is 0 Å². The molecule has 1 aliphatic heterocycles. The van der Waals surface area contributed by atoms with Crippen LogP contribution >= 0.6 is 11.6 Å². The fourth-order valence-corrected chi connectivity index (χ4v) is 2.74. The van der Waals surface area contributed by atoms with Gasteiger partial charge < -0.3 is 9.47 Å². The molecule has 0 saturated carbocycles. The van der Waals surface area contributed by atoms with Gasteiger partial charge in [-0.05, 0) is 23.8 Å². The largest absolute Gasteiger partial charge is 0.425 e. The lowest BCUT2D eigenvalue weighted by Crippen LogP contribution is -2.31. The highest BCUT2D eigenvalue weighted by Crippen LogP contribution is 2.39. The zero-order chi connectivity index (χ0) is 14.2. The van der Waals surface area contributed by atoms with Crippen molar-refractivity contribution in [2.75, 3.05) is 7.11 Å². The maximum absolute atomic E-state index is 12.0. The van der Waals surface area contributed by atoms with Gasteiger partial charge in [-0.2, -0.15) is 0 Å². The number of cyclic esters (lactones) is 1. The van der Waals surface area contributed by atoms with E-state index < -0.39 is 5.79 Å². The third-order valence-corrected chi connectivity index (χ3v) is 3.71. The molecule has 102 valence electrons.